The summed E-state index contributed by atoms with van der Waals surface area (Å²) in [6.45, 7) is 0.186. The fraction of sp³-hybridized carbons (Fsp3) is 0.111. The molecule has 3 N–H and O–H groups in total. The topological polar surface area (TPSA) is 78.4 Å². The average molecular weight is 226 g/mol. The molecule has 15 heavy (non-hydrogen) atoms. The van der Waals surface area contributed by atoms with Crippen molar-refractivity contribution in [3.63, 3.8) is 0 Å². The molecule has 0 fully saturated rings. The molecule has 0 aliphatic carbocycles. The summed E-state index contributed by atoms with van der Waals surface area (Å²) >= 11 is 0. The lowest BCUT2D eigenvalue weighted by Gasteiger charge is -2.04. The molecule has 0 bridgehead atoms. The van der Waals surface area contributed by atoms with E-state index in [-0.39, 0.29) is 18.0 Å². The molecule has 0 aromatic heterocycles. The molecule has 6 heteroatoms. The molecule has 0 heterocycles. The fourth-order valence-electron chi connectivity index (χ4n) is 0.994. The number of hydrogen-bond acceptors (Lipinski definition) is 3. The number of amides is 1. The number of anilines is 1. The number of carboxylic acids is 1. The molecule has 0 spiro atoms. The van der Waals surface area contributed by atoms with Crippen LogP contribution in [0.4, 0.5) is 5.69 Å². The number of aromatic carboxylic acids is 1. The number of rotatable bonds is 4. The van der Waals surface area contributed by atoms with E-state index in [1.165, 1.54) is 12.1 Å². The van der Waals surface area contributed by atoms with E-state index in [9.17, 15) is 9.59 Å². The van der Waals surface area contributed by atoms with Crippen LogP contribution in [0.15, 0.2) is 24.3 Å². The second-order valence-corrected chi connectivity index (χ2v) is 3.22. The van der Waals surface area contributed by atoms with Crippen molar-refractivity contribution in [3.8, 4) is 0 Å². The quantitative estimate of drug-likeness (QED) is 0.660. The molecule has 80 valence electrons. The maximum absolute atomic E-state index is 11.1. The summed E-state index contributed by atoms with van der Waals surface area (Å²) in [4.78, 5) is 21.7. The zero-order valence-corrected chi connectivity index (χ0v) is 9.01. The van der Waals surface area contributed by atoms with E-state index in [2.05, 4.69) is 19.8 Å². The van der Waals surface area contributed by atoms with E-state index in [1.807, 2.05) is 0 Å². The summed E-state index contributed by atoms with van der Waals surface area (Å²) in [5, 5.41) is 13.9. The van der Waals surface area contributed by atoms with Crippen LogP contribution in [0, 0.1) is 0 Å². The van der Waals surface area contributed by atoms with Crippen LogP contribution in [0.1, 0.15) is 10.4 Å². The lowest BCUT2D eigenvalue weighted by Crippen LogP contribution is -2.21. The second-order valence-electron chi connectivity index (χ2n) is 2.81. The summed E-state index contributed by atoms with van der Waals surface area (Å²) in [5.41, 5.74) is 0.766. The van der Waals surface area contributed by atoms with Crippen molar-refractivity contribution < 1.29 is 14.7 Å². The Morgan fingerprint density at radius 3 is 2.33 bits per heavy atom. The summed E-state index contributed by atoms with van der Waals surface area (Å²) < 4.78 is 0. The van der Waals surface area contributed by atoms with Crippen LogP contribution in [0.3, 0.4) is 0 Å². The lowest BCUT2D eigenvalue weighted by atomic mass is 10.2. The maximum atomic E-state index is 11.1. The van der Waals surface area contributed by atoms with Gasteiger partial charge in [0, 0.05) is 5.69 Å². The van der Waals surface area contributed by atoms with Gasteiger partial charge < -0.3 is 10.4 Å². The number of benzene rings is 1. The van der Waals surface area contributed by atoms with E-state index in [1.54, 1.807) is 12.1 Å². The minimum atomic E-state index is -0.987. The van der Waals surface area contributed by atoms with Crippen LogP contribution in [-0.2, 0) is 4.79 Å². The van der Waals surface area contributed by atoms with Gasteiger partial charge in [-0.3, -0.25) is 9.88 Å². The van der Waals surface area contributed by atoms with Gasteiger partial charge in [0.1, 0.15) is 0 Å². The van der Waals surface area contributed by atoms with Gasteiger partial charge in [0.2, 0.25) is 5.91 Å². The fourth-order valence-corrected chi connectivity index (χ4v) is 1.18. The Kier molecular flexibility index (Phi) is 4.21. The Bertz CT molecular complexity index is 364. The van der Waals surface area contributed by atoms with Crippen LogP contribution in [0.25, 0.3) is 0 Å². The highest BCUT2D eigenvalue weighted by molar-refractivity contribution is 7.13. The predicted octanol–water partition coefficient (Wildman–Crippen LogP) is 0.703. The minimum absolute atomic E-state index is 0.186. The maximum Gasteiger partial charge on any atom is 0.335 e. The molecule has 5 nitrogen and oxygen atoms in total. The van der Waals surface area contributed by atoms with E-state index in [0.717, 1.165) is 0 Å². The Morgan fingerprint density at radius 1 is 1.27 bits per heavy atom. The summed E-state index contributed by atoms with van der Waals surface area (Å²) in [7, 11) is 2.22. The second kappa shape index (κ2) is 5.44. The number of carboxylic acid groups (broad SMARTS) is 1. The summed E-state index contributed by atoms with van der Waals surface area (Å²) in [5.74, 6) is -1.17. The third-order valence-electron chi connectivity index (χ3n) is 1.68. The van der Waals surface area contributed by atoms with Crippen molar-refractivity contribution in [2.24, 2.45) is 0 Å². The molecule has 1 aromatic carbocycles. The zero-order valence-electron chi connectivity index (χ0n) is 7.86. The number of hydrogen-bond donors (Lipinski definition) is 3. The molecule has 0 aliphatic heterocycles. The van der Waals surface area contributed by atoms with Crippen molar-refractivity contribution in [3.05, 3.63) is 29.8 Å². The molecule has 1 rings (SSSR count). The van der Waals surface area contributed by atoms with Gasteiger partial charge in [-0.1, -0.05) is 9.39 Å². The molecule has 0 saturated heterocycles. The third-order valence-corrected chi connectivity index (χ3v) is 1.88. The van der Waals surface area contributed by atoms with Crippen molar-refractivity contribution in [1.29, 1.82) is 0 Å². The highest BCUT2D eigenvalue weighted by Gasteiger charge is 2.03. The van der Waals surface area contributed by atoms with Crippen molar-refractivity contribution in [2.75, 3.05) is 11.9 Å². The molecule has 1 atom stereocenters. The Hall–Kier alpha value is -1.45. The molecule has 0 saturated carbocycles. The van der Waals surface area contributed by atoms with Gasteiger partial charge in [-0.05, 0) is 24.3 Å². The van der Waals surface area contributed by atoms with E-state index in [4.69, 9.17) is 5.11 Å². The lowest BCUT2D eigenvalue weighted by molar-refractivity contribution is -0.115. The highest BCUT2D eigenvalue weighted by Crippen LogP contribution is 2.09. The van der Waals surface area contributed by atoms with Crippen molar-refractivity contribution in [2.45, 2.75) is 0 Å². The molecule has 0 radical (unpaired) electrons. The van der Waals surface area contributed by atoms with Crippen LogP contribution < -0.4 is 10.4 Å². The van der Waals surface area contributed by atoms with E-state index < -0.39 is 5.97 Å². The van der Waals surface area contributed by atoms with Crippen molar-refractivity contribution in [1.82, 2.24) is 5.09 Å². The first-order valence-electron chi connectivity index (χ1n) is 4.20. The van der Waals surface area contributed by atoms with Gasteiger partial charge in [0.25, 0.3) is 0 Å². The summed E-state index contributed by atoms with van der Waals surface area (Å²) in [6.07, 6.45) is 0. The Balaban J connectivity index is 2.64. The first kappa shape index (κ1) is 11.6. The monoisotopic (exact) mass is 226 g/mol. The molecule has 1 amide bonds. The standard InChI is InChI=1S/C9H11N2O3P/c12-8(5-10-15)11-7-3-1-6(2-4-7)9(13)14/h1-4,10H,5,15H2,(H,11,12)(H,13,14). The summed E-state index contributed by atoms with van der Waals surface area (Å²) in [6, 6.07) is 5.96. The largest absolute Gasteiger partial charge is 0.478 e. The average Bonchev–Trinajstić information content (AvgIpc) is 2.18. The van der Waals surface area contributed by atoms with Gasteiger partial charge in [-0.25, -0.2) is 4.79 Å². The van der Waals surface area contributed by atoms with Crippen LogP contribution in [0.5, 0.6) is 0 Å². The van der Waals surface area contributed by atoms with Crippen molar-refractivity contribution >= 4 is 27.0 Å². The van der Waals surface area contributed by atoms with E-state index in [0.29, 0.717) is 5.69 Å². The van der Waals surface area contributed by atoms with Gasteiger partial charge in [0.15, 0.2) is 0 Å². The Labute approximate surface area is 89.1 Å². The normalized spacial score (nSPS) is 9.67. The molecule has 1 aromatic rings. The minimum Gasteiger partial charge on any atom is -0.478 e. The van der Waals surface area contributed by atoms with Crippen LogP contribution >= 0.6 is 9.39 Å². The predicted molar refractivity (Wildman–Crippen MR) is 59.7 cm³/mol. The van der Waals surface area contributed by atoms with Gasteiger partial charge in [-0.15, -0.1) is 0 Å². The van der Waals surface area contributed by atoms with Crippen LogP contribution in [0.2, 0.25) is 0 Å². The molecular formula is C9H11N2O3P. The first-order chi connectivity index (χ1) is 7.13. The number of carbonyl (C=O) groups excluding carboxylic acids is 1. The highest BCUT2D eigenvalue weighted by atomic mass is 31.0. The smallest absolute Gasteiger partial charge is 0.335 e. The zero-order chi connectivity index (χ0) is 11.3. The Morgan fingerprint density at radius 2 is 1.87 bits per heavy atom. The SMILES string of the molecule is O=C(CNP)Nc1ccc(C(=O)O)cc1. The van der Waals surface area contributed by atoms with Crippen LogP contribution in [-0.4, -0.2) is 23.5 Å². The molecular weight excluding hydrogens is 215 g/mol. The molecule has 0 aliphatic rings. The van der Waals surface area contributed by atoms with E-state index >= 15 is 0 Å². The van der Waals surface area contributed by atoms with Gasteiger partial charge in [-0.2, -0.15) is 0 Å². The third kappa shape index (κ3) is 3.65. The first-order valence-corrected chi connectivity index (χ1v) is 4.78. The number of nitrogens with one attached hydrogen (secondary N) is 2. The number of carbonyl (C=O) groups is 2. The van der Waals surface area contributed by atoms with Gasteiger partial charge >= 0.3 is 5.97 Å². The van der Waals surface area contributed by atoms with Gasteiger partial charge in [0.05, 0.1) is 12.1 Å². The molecule has 1 unspecified atom stereocenters.